The van der Waals surface area contributed by atoms with E-state index in [-0.39, 0.29) is 6.15 Å². The molecule has 0 aromatic rings. The SMILES string of the molecule is N.OOOC(F)(F)C(F)(F)OC(F)(F)C(F)(F)C(F)(F)F. The predicted molar refractivity (Wildman–Crippen MR) is 36.7 cm³/mol. The van der Waals surface area contributed by atoms with Crippen molar-refractivity contribution in [2.24, 2.45) is 0 Å². The summed E-state index contributed by atoms with van der Waals surface area (Å²) in [6.07, 6.45) is -27.2. The summed E-state index contributed by atoms with van der Waals surface area (Å²) < 4.78 is 134. The third kappa shape index (κ3) is 4.25. The molecule has 5 nitrogen and oxygen atoms in total. The quantitative estimate of drug-likeness (QED) is 0.434. The summed E-state index contributed by atoms with van der Waals surface area (Å²) in [4.78, 5) is 2.03. The second-order valence-electron chi connectivity index (χ2n) is 2.88. The molecule has 0 aliphatic carbocycles. The van der Waals surface area contributed by atoms with E-state index in [1.807, 2.05) is 9.93 Å². The van der Waals surface area contributed by atoms with Gasteiger partial charge >= 0.3 is 30.4 Å². The highest BCUT2D eigenvalue weighted by atomic mass is 19.4. The van der Waals surface area contributed by atoms with E-state index in [0.717, 1.165) is 0 Å². The predicted octanol–water partition coefficient (Wildman–Crippen LogP) is 3.56. The standard InChI is InChI=1S/C5HF11O4.H3N/c6-1(7,2(8,9)10)3(11,12)18-4(13,14)5(15,16)19-20-17;/h17H;1H3. The van der Waals surface area contributed by atoms with Crippen molar-refractivity contribution in [2.45, 2.75) is 30.4 Å². The summed E-state index contributed by atoms with van der Waals surface area (Å²) in [5.41, 5.74) is 0. The molecule has 0 saturated carbocycles. The lowest BCUT2D eigenvalue weighted by atomic mass is 10.3. The van der Waals surface area contributed by atoms with E-state index in [4.69, 9.17) is 5.26 Å². The first-order valence-electron chi connectivity index (χ1n) is 3.79. The van der Waals surface area contributed by atoms with Gasteiger partial charge in [0.25, 0.3) is 0 Å². The van der Waals surface area contributed by atoms with Gasteiger partial charge in [-0.05, 0) is 0 Å². The first kappa shape index (κ1) is 22.3. The first-order valence-corrected chi connectivity index (χ1v) is 3.79. The number of hydrogen-bond donors (Lipinski definition) is 2. The molecule has 0 bridgehead atoms. The Balaban J connectivity index is 0. The molecule has 0 amide bonds. The van der Waals surface area contributed by atoms with Gasteiger partial charge in [-0.3, -0.25) is 0 Å². The minimum absolute atomic E-state index is 0. The number of rotatable bonds is 6. The van der Waals surface area contributed by atoms with Gasteiger partial charge in [-0.2, -0.15) is 48.3 Å². The second-order valence-corrected chi connectivity index (χ2v) is 2.88. The third-order valence-corrected chi connectivity index (χ3v) is 1.46. The van der Waals surface area contributed by atoms with E-state index in [2.05, 4.69) is 0 Å². The highest BCUT2D eigenvalue weighted by molar-refractivity contribution is 4.86. The fourth-order valence-corrected chi connectivity index (χ4v) is 0.545. The summed E-state index contributed by atoms with van der Waals surface area (Å²) in [7, 11) is 0. The molecule has 0 aromatic heterocycles. The molecular weight excluding hydrogens is 347 g/mol. The molecule has 0 heterocycles. The minimum atomic E-state index is -7.22. The summed E-state index contributed by atoms with van der Waals surface area (Å²) >= 11 is 0. The van der Waals surface area contributed by atoms with E-state index in [1.165, 1.54) is 4.74 Å². The molecule has 0 atom stereocenters. The van der Waals surface area contributed by atoms with E-state index < -0.39 is 30.4 Å². The topological polar surface area (TPSA) is 82.9 Å². The maximum atomic E-state index is 12.3. The normalized spacial score (nSPS) is 14.9. The Morgan fingerprint density at radius 2 is 1.00 bits per heavy atom. The van der Waals surface area contributed by atoms with Gasteiger partial charge in [0.1, 0.15) is 0 Å². The Morgan fingerprint density at radius 1 is 0.619 bits per heavy atom. The Kier molecular flexibility index (Phi) is 6.41. The van der Waals surface area contributed by atoms with Crippen LogP contribution in [0.4, 0.5) is 48.3 Å². The zero-order valence-corrected chi connectivity index (χ0v) is 9.04. The molecular formula is C5H4F11NO4. The van der Waals surface area contributed by atoms with Crippen molar-refractivity contribution in [1.29, 1.82) is 0 Å². The monoisotopic (exact) mass is 351 g/mol. The van der Waals surface area contributed by atoms with Crippen molar-refractivity contribution >= 4 is 0 Å². The van der Waals surface area contributed by atoms with Crippen LogP contribution in [0.1, 0.15) is 0 Å². The molecule has 130 valence electrons. The van der Waals surface area contributed by atoms with Crippen LogP contribution in [0.5, 0.6) is 0 Å². The molecule has 0 aliphatic rings. The Labute approximate surface area is 106 Å². The molecule has 0 radical (unpaired) electrons. The minimum Gasteiger partial charge on any atom is -0.344 e. The van der Waals surface area contributed by atoms with Crippen molar-refractivity contribution in [3.8, 4) is 0 Å². The molecule has 0 aromatic carbocycles. The van der Waals surface area contributed by atoms with Gasteiger partial charge in [0, 0.05) is 0 Å². The first-order chi connectivity index (χ1) is 8.52. The molecule has 0 saturated heterocycles. The van der Waals surface area contributed by atoms with Gasteiger partial charge in [-0.15, -0.1) is 4.89 Å². The van der Waals surface area contributed by atoms with Crippen molar-refractivity contribution in [1.82, 2.24) is 6.15 Å². The van der Waals surface area contributed by atoms with Gasteiger partial charge in [0.05, 0.1) is 0 Å². The van der Waals surface area contributed by atoms with E-state index in [1.54, 1.807) is 0 Å². The van der Waals surface area contributed by atoms with Crippen LogP contribution in [0.2, 0.25) is 0 Å². The molecule has 0 aliphatic heterocycles. The maximum absolute atomic E-state index is 12.3. The molecule has 21 heavy (non-hydrogen) atoms. The van der Waals surface area contributed by atoms with E-state index in [0.29, 0.717) is 0 Å². The molecule has 0 unspecified atom stereocenters. The lowest BCUT2D eigenvalue weighted by Gasteiger charge is -2.31. The third-order valence-electron chi connectivity index (χ3n) is 1.46. The van der Waals surface area contributed by atoms with Crippen molar-refractivity contribution in [3.05, 3.63) is 0 Å². The fraction of sp³-hybridized carbons (Fsp3) is 1.00. The summed E-state index contributed by atoms with van der Waals surface area (Å²) in [6, 6.07) is 0. The van der Waals surface area contributed by atoms with Crippen LogP contribution < -0.4 is 6.15 Å². The molecule has 16 heteroatoms. The van der Waals surface area contributed by atoms with E-state index >= 15 is 0 Å². The molecule has 4 N–H and O–H groups in total. The van der Waals surface area contributed by atoms with Crippen LogP contribution in [0, 0.1) is 0 Å². The lowest BCUT2D eigenvalue weighted by molar-refractivity contribution is -0.619. The average molecular weight is 351 g/mol. The Morgan fingerprint density at radius 3 is 1.29 bits per heavy atom. The molecule has 0 spiro atoms. The Bertz CT molecular complexity index is 342. The van der Waals surface area contributed by atoms with Gasteiger partial charge in [0.2, 0.25) is 0 Å². The maximum Gasteiger partial charge on any atom is 0.476 e. The van der Waals surface area contributed by atoms with Crippen LogP contribution in [-0.4, -0.2) is 35.7 Å². The highest BCUT2D eigenvalue weighted by Crippen LogP contribution is 2.51. The smallest absolute Gasteiger partial charge is 0.344 e. The van der Waals surface area contributed by atoms with Crippen LogP contribution in [0.25, 0.3) is 0 Å². The van der Waals surface area contributed by atoms with Crippen molar-refractivity contribution in [3.63, 3.8) is 0 Å². The second kappa shape index (κ2) is 6.03. The van der Waals surface area contributed by atoms with Gasteiger partial charge in [-0.25, -0.2) is 9.99 Å². The summed E-state index contributed by atoms with van der Waals surface area (Å²) in [5, 5.41) is 9.24. The van der Waals surface area contributed by atoms with Crippen LogP contribution in [0.15, 0.2) is 0 Å². The summed E-state index contributed by atoms with van der Waals surface area (Å²) in [5.74, 6) is -7.22. The number of ether oxygens (including phenoxy) is 1. The molecule has 0 fully saturated rings. The van der Waals surface area contributed by atoms with Crippen molar-refractivity contribution < 1.29 is 68.2 Å². The molecule has 0 rings (SSSR count). The average Bonchev–Trinajstić information content (AvgIpc) is 2.13. The number of alkyl halides is 11. The Hall–Kier alpha value is -0.970. The van der Waals surface area contributed by atoms with Crippen LogP contribution >= 0.6 is 0 Å². The highest BCUT2D eigenvalue weighted by Gasteiger charge is 2.79. The van der Waals surface area contributed by atoms with Crippen LogP contribution in [0.3, 0.4) is 0 Å². The lowest BCUT2D eigenvalue weighted by Crippen LogP contribution is -2.59. The van der Waals surface area contributed by atoms with Gasteiger partial charge in [-0.1, -0.05) is 5.04 Å². The summed E-state index contributed by atoms with van der Waals surface area (Å²) in [6.45, 7) is 0. The van der Waals surface area contributed by atoms with Gasteiger partial charge in [0.15, 0.2) is 0 Å². The van der Waals surface area contributed by atoms with Gasteiger partial charge < -0.3 is 6.15 Å². The fourth-order valence-electron chi connectivity index (χ4n) is 0.545. The van der Waals surface area contributed by atoms with E-state index in [9.17, 15) is 48.3 Å². The van der Waals surface area contributed by atoms with Crippen LogP contribution in [-0.2, 0) is 14.7 Å². The number of halogens is 11. The largest absolute Gasteiger partial charge is 0.476 e. The number of hydrogen-bond acceptors (Lipinski definition) is 5. The zero-order valence-electron chi connectivity index (χ0n) is 9.04. The van der Waals surface area contributed by atoms with Crippen molar-refractivity contribution in [2.75, 3.05) is 0 Å². The zero-order chi connectivity index (χ0) is 16.6.